The number of anilines is 1. The van der Waals surface area contributed by atoms with Gasteiger partial charge in [0.1, 0.15) is 10.5 Å². The van der Waals surface area contributed by atoms with Crippen LogP contribution >= 0.6 is 11.3 Å². The minimum Gasteiger partial charge on any atom is -0.465 e. The summed E-state index contributed by atoms with van der Waals surface area (Å²) in [5.74, 6) is -0.238. The molecule has 2 bridgehead atoms. The molecule has 7 rings (SSSR count). The molecule has 2 unspecified atom stereocenters. The SMILES string of the molecule is O=C(NCc1ccccc1)c1ccc(-c2nccs2)c2oc(N3CC4CC(C3)N4C(=O)O)nc12. The summed E-state index contributed by atoms with van der Waals surface area (Å²) in [4.78, 5) is 37.1. The third-order valence-electron chi connectivity index (χ3n) is 6.42. The van der Waals surface area contributed by atoms with Gasteiger partial charge in [-0.25, -0.2) is 9.78 Å². The molecule has 0 spiro atoms. The van der Waals surface area contributed by atoms with Gasteiger partial charge in [-0.05, 0) is 24.1 Å². The van der Waals surface area contributed by atoms with E-state index >= 15 is 0 Å². The van der Waals surface area contributed by atoms with Gasteiger partial charge in [0.2, 0.25) is 0 Å². The number of carbonyl (C=O) groups excluding carboxylic acids is 1. The van der Waals surface area contributed by atoms with Crippen molar-refractivity contribution in [2.45, 2.75) is 25.0 Å². The summed E-state index contributed by atoms with van der Waals surface area (Å²) >= 11 is 1.48. The lowest BCUT2D eigenvalue weighted by molar-refractivity contribution is 0.0101. The van der Waals surface area contributed by atoms with Gasteiger partial charge in [0.25, 0.3) is 11.9 Å². The zero-order valence-corrected chi connectivity index (χ0v) is 18.9. The highest BCUT2D eigenvalue weighted by atomic mass is 32.1. The number of piperidine rings is 1. The monoisotopic (exact) mass is 475 g/mol. The van der Waals surface area contributed by atoms with Gasteiger partial charge >= 0.3 is 6.09 Å². The molecule has 2 amide bonds. The minimum atomic E-state index is -0.887. The van der Waals surface area contributed by atoms with Crippen LogP contribution in [-0.2, 0) is 6.54 Å². The molecule has 0 radical (unpaired) electrons. The first-order chi connectivity index (χ1) is 16.6. The lowest BCUT2D eigenvalue weighted by atomic mass is 9.88. The van der Waals surface area contributed by atoms with Gasteiger partial charge in [-0.3, -0.25) is 9.69 Å². The number of hydrogen-bond acceptors (Lipinski definition) is 7. The quantitative estimate of drug-likeness (QED) is 0.451. The van der Waals surface area contributed by atoms with E-state index in [0.29, 0.717) is 42.3 Å². The molecule has 4 aromatic rings. The second kappa shape index (κ2) is 8.14. The van der Waals surface area contributed by atoms with Gasteiger partial charge in [-0.15, -0.1) is 11.3 Å². The molecule has 3 saturated heterocycles. The van der Waals surface area contributed by atoms with Crippen LogP contribution in [0.3, 0.4) is 0 Å². The number of oxazole rings is 1. The molecule has 9 nitrogen and oxygen atoms in total. The van der Waals surface area contributed by atoms with E-state index in [1.807, 2.05) is 46.7 Å². The maximum absolute atomic E-state index is 13.1. The fourth-order valence-corrected chi connectivity index (χ4v) is 5.45. The fourth-order valence-electron chi connectivity index (χ4n) is 4.79. The number of rotatable bonds is 5. The number of nitrogens with zero attached hydrogens (tertiary/aromatic N) is 4. The van der Waals surface area contributed by atoms with Crippen LogP contribution in [0.5, 0.6) is 0 Å². The molecule has 3 aliphatic heterocycles. The van der Waals surface area contributed by atoms with Crippen LogP contribution in [0.4, 0.5) is 10.8 Å². The summed E-state index contributed by atoms with van der Waals surface area (Å²) in [7, 11) is 0. The van der Waals surface area contributed by atoms with Crippen molar-refractivity contribution in [3.05, 3.63) is 65.2 Å². The van der Waals surface area contributed by atoms with Crippen molar-refractivity contribution in [2.24, 2.45) is 0 Å². The van der Waals surface area contributed by atoms with Crippen LogP contribution in [-0.4, -0.2) is 57.1 Å². The number of carboxylic acid groups (broad SMARTS) is 1. The Labute approximate surface area is 198 Å². The second-order valence-corrected chi connectivity index (χ2v) is 9.37. The van der Waals surface area contributed by atoms with E-state index in [2.05, 4.69) is 10.3 Å². The molecule has 3 fully saturated rings. The summed E-state index contributed by atoms with van der Waals surface area (Å²) in [6, 6.07) is 13.6. The Kier molecular flexibility index (Phi) is 4.95. The van der Waals surface area contributed by atoms with Gasteiger partial charge in [-0.1, -0.05) is 30.3 Å². The van der Waals surface area contributed by atoms with Gasteiger partial charge in [0.15, 0.2) is 5.58 Å². The first-order valence-electron chi connectivity index (χ1n) is 11.0. The highest BCUT2D eigenvalue weighted by molar-refractivity contribution is 7.13. The number of carbonyl (C=O) groups is 2. The number of nitrogens with one attached hydrogen (secondary N) is 1. The van der Waals surface area contributed by atoms with E-state index in [9.17, 15) is 14.7 Å². The second-order valence-electron chi connectivity index (χ2n) is 8.48. The summed E-state index contributed by atoms with van der Waals surface area (Å²) in [6.45, 7) is 1.43. The fraction of sp³-hybridized carbons (Fsp3) is 0.250. The number of hydrogen-bond donors (Lipinski definition) is 2. The van der Waals surface area contributed by atoms with Crippen LogP contribution in [0.15, 0.2) is 58.5 Å². The molecular weight excluding hydrogens is 454 g/mol. The Morgan fingerprint density at radius 2 is 1.94 bits per heavy atom. The highest BCUT2D eigenvalue weighted by Crippen LogP contribution is 2.38. The molecule has 2 aromatic carbocycles. The third kappa shape index (κ3) is 3.47. The third-order valence-corrected chi connectivity index (χ3v) is 7.23. The Hall–Kier alpha value is -3.92. The van der Waals surface area contributed by atoms with E-state index in [1.54, 1.807) is 12.3 Å². The van der Waals surface area contributed by atoms with Crippen molar-refractivity contribution in [3.8, 4) is 10.6 Å². The largest absolute Gasteiger partial charge is 0.465 e. The summed E-state index contributed by atoms with van der Waals surface area (Å²) in [5.41, 5.74) is 3.19. The lowest BCUT2D eigenvalue weighted by Crippen LogP contribution is -2.70. The maximum atomic E-state index is 13.1. The predicted molar refractivity (Wildman–Crippen MR) is 127 cm³/mol. The molecule has 34 heavy (non-hydrogen) atoms. The molecule has 3 aliphatic rings. The zero-order valence-electron chi connectivity index (χ0n) is 18.0. The Morgan fingerprint density at radius 3 is 2.65 bits per heavy atom. The van der Waals surface area contributed by atoms with E-state index in [4.69, 9.17) is 9.40 Å². The van der Waals surface area contributed by atoms with Crippen LogP contribution in [0, 0.1) is 0 Å². The standard InChI is InChI=1S/C24H21N5O4S/c30-21(26-11-14-4-2-1-3-5-14)17-6-7-18(22-25-8-9-34-22)20-19(17)27-23(33-20)28-12-15-10-16(13-28)29(15)24(31)32/h1-9,15-16H,10-13H2,(H,26,30)(H,31,32). The first-order valence-corrected chi connectivity index (χ1v) is 11.9. The van der Waals surface area contributed by atoms with Crippen molar-refractivity contribution in [3.63, 3.8) is 0 Å². The van der Waals surface area contributed by atoms with E-state index in [0.717, 1.165) is 22.6 Å². The van der Waals surface area contributed by atoms with Crippen molar-refractivity contribution >= 4 is 40.5 Å². The van der Waals surface area contributed by atoms with E-state index in [1.165, 1.54) is 16.2 Å². The summed E-state index contributed by atoms with van der Waals surface area (Å²) in [6.07, 6.45) is 1.69. The van der Waals surface area contributed by atoms with Crippen LogP contribution < -0.4 is 10.2 Å². The topological polar surface area (TPSA) is 112 Å². The zero-order chi connectivity index (χ0) is 23.2. The van der Waals surface area contributed by atoms with Crippen molar-refractivity contribution in [1.29, 1.82) is 0 Å². The van der Waals surface area contributed by atoms with Gasteiger partial charge < -0.3 is 19.7 Å². The number of amides is 2. The molecule has 10 heteroatoms. The van der Waals surface area contributed by atoms with E-state index < -0.39 is 6.09 Å². The molecule has 0 aliphatic carbocycles. The minimum absolute atomic E-state index is 0.0710. The van der Waals surface area contributed by atoms with Crippen molar-refractivity contribution in [1.82, 2.24) is 20.2 Å². The van der Waals surface area contributed by atoms with Crippen LogP contribution in [0.1, 0.15) is 22.3 Å². The smallest absolute Gasteiger partial charge is 0.407 e. The van der Waals surface area contributed by atoms with Crippen LogP contribution in [0.2, 0.25) is 0 Å². The van der Waals surface area contributed by atoms with Crippen molar-refractivity contribution < 1.29 is 19.1 Å². The maximum Gasteiger partial charge on any atom is 0.407 e. The number of thiazole rings is 1. The number of benzene rings is 2. The Bertz CT molecular complexity index is 1360. The highest BCUT2D eigenvalue weighted by Gasteiger charge is 2.48. The average Bonchev–Trinajstić information content (AvgIpc) is 3.53. The Morgan fingerprint density at radius 1 is 1.15 bits per heavy atom. The summed E-state index contributed by atoms with van der Waals surface area (Å²) in [5, 5.41) is 15.0. The molecule has 2 aromatic heterocycles. The normalized spacial score (nSPS) is 19.2. The van der Waals surface area contributed by atoms with Crippen molar-refractivity contribution in [2.75, 3.05) is 18.0 Å². The average molecular weight is 476 g/mol. The van der Waals surface area contributed by atoms with Gasteiger partial charge in [0.05, 0.1) is 23.2 Å². The number of fused-ring (bicyclic) bond motifs is 3. The molecule has 172 valence electrons. The van der Waals surface area contributed by atoms with E-state index in [-0.39, 0.29) is 18.0 Å². The lowest BCUT2D eigenvalue weighted by Gasteiger charge is -2.54. The molecule has 5 heterocycles. The number of piperazine rings is 1. The Balaban J connectivity index is 1.34. The first kappa shape index (κ1) is 20.7. The number of aromatic nitrogens is 2. The molecule has 2 atom stereocenters. The molecular formula is C24H21N5O4S. The van der Waals surface area contributed by atoms with Gasteiger partial charge in [-0.2, -0.15) is 4.98 Å². The predicted octanol–water partition coefficient (Wildman–Crippen LogP) is 3.82. The molecule has 2 N–H and O–H groups in total. The van der Waals surface area contributed by atoms with Crippen LogP contribution in [0.25, 0.3) is 21.7 Å². The van der Waals surface area contributed by atoms with Gasteiger partial charge in [0, 0.05) is 31.2 Å². The summed E-state index contributed by atoms with van der Waals surface area (Å²) < 4.78 is 6.22. The molecule has 0 saturated carbocycles.